The van der Waals surface area contributed by atoms with Crippen molar-refractivity contribution in [1.29, 1.82) is 0 Å². The standard InChI is InChI=1S/C27H29N5O9S2/c1-41-17-7-10-23(31(15-27(30)34)42(35,36)37)21(14-17)19-8-11-24(20-5-3-2-4-18(19)20)32(43(38,39)40)25-9-6-16(12-22(25)28)13-26(29)33/h2-12,14,26,33H,13,15,28-29H2,1H3,(H2,30,34)(H,35,36,37)(H,38,39,40). The average molecular weight is 632 g/mol. The molecule has 0 aliphatic rings. The van der Waals surface area contributed by atoms with Crippen LogP contribution in [0.5, 0.6) is 5.75 Å². The van der Waals surface area contributed by atoms with Gasteiger partial charge in [-0.3, -0.25) is 13.9 Å². The normalized spacial score (nSPS) is 12.6. The molecule has 1 unspecified atom stereocenters. The maximum absolute atomic E-state index is 12.8. The summed E-state index contributed by atoms with van der Waals surface area (Å²) in [5.74, 6) is -0.732. The molecule has 0 saturated carbocycles. The van der Waals surface area contributed by atoms with E-state index < -0.39 is 39.3 Å². The van der Waals surface area contributed by atoms with E-state index in [9.17, 15) is 35.8 Å². The Morgan fingerprint density at radius 1 is 0.860 bits per heavy atom. The van der Waals surface area contributed by atoms with E-state index in [4.69, 9.17) is 21.9 Å². The summed E-state index contributed by atoms with van der Waals surface area (Å²) in [5, 5.41) is 10.2. The molecule has 0 spiro atoms. The molecule has 9 N–H and O–H groups in total. The Hall–Kier alpha value is -4.45. The molecule has 228 valence electrons. The van der Waals surface area contributed by atoms with Crippen LogP contribution in [0.1, 0.15) is 5.56 Å². The van der Waals surface area contributed by atoms with Gasteiger partial charge >= 0.3 is 20.6 Å². The van der Waals surface area contributed by atoms with Crippen LogP contribution < -0.4 is 30.5 Å². The van der Waals surface area contributed by atoms with Gasteiger partial charge in [0.15, 0.2) is 0 Å². The van der Waals surface area contributed by atoms with Crippen LogP contribution in [0.3, 0.4) is 0 Å². The number of hydrogen-bond acceptors (Lipinski definition) is 9. The monoisotopic (exact) mass is 631 g/mol. The molecule has 4 aromatic carbocycles. The SMILES string of the molecule is COc1ccc(N(CC(N)=O)S(=O)(=O)O)c(-c2ccc(N(c3ccc(CC(N)O)cc3N)S(=O)(=O)O)c3ccccc23)c1. The lowest BCUT2D eigenvalue weighted by Crippen LogP contribution is -2.38. The zero-order chi connectivity index (χ0) is 31.7. The number of primary amides is 1. The van der Waals surface area contributed by atoms with Crippen LogP contribution in [0.15, 0.2) is 72.8 Å². The van der Waals surface area contributed by atoms with Crippen molar-refractivity contribution < 1.29 is 40.6 Å². The molecule has 43 heavy (non-hydrogen) atoms. The van der Waals surface area contributed by atoms with Gasteiger partial charge in [0.2, 0.25) is 5.91 Å². The number of nitrogen functional groups attached to an aromatic ring is 1. The number of nitrogens with two attached hydrogens (primary N) is 3. The van der Waals surface area contributed by atoms with E-state index >= 15 is 0 Å². The van der Waals surface area contributed by atoms with E-state index in [1.165, 1.54) is 55.6 Å². The molecular weight excluding hydrogens is 602 g/mol. The van der Waals surface area contributed by atoms with Crippen molar-refractivity contribution in [2.24, 2.45) is 11.5 Å². The van der Waals surface area contributed by atoms with Crippen molar-refractivity contribution in [3.63, 3.8) is 0 Å². The van der Waals surface area contributed by atoms with Crippen molar-refractivity contribution in [3.05, 3.63) is 78.4 Å². The number of hydrogen-bond donors (Lipinski definition) is 6. The number of aliphatic hydroxyl groups is 1. The lowest BCUT2D eigenvalue weighted by Gasteiger charge is -2.26. The summed E-state index contributed by atoms with van der Waals surface area (Å²) >= 11 is 0. The molecule has 14 nitrogen and oxygen atoms in total. The second-order valence-electron chi connectivity index (χ2n) is 9.42. The van der Waals surface area contributed by atoms with E-state index in [0.29, 0.717) is 36.3 Å². The molecule has 1 atom stereocenters. The Morgan fingerprint density at radius 3 is 2.05 bits per heavy atom. The van der Waals surface area contributed by atoms with Gasteiger partial charge in [0.05, 0.1) is 29.9 Å². The third-order valence-electron chi connectivity index (χ3n) is 6.45. The van der Waals surface area contributed by atoms with Crippen LogP contribution >= 0.6 is 0 Å². The van der Waals surface area contributed by atoms with E-state index in [0.717, 1.165) is 0 Å². The number of benzene rings is 4. The minimum Gasteiger partial charge on any atom is -0.497 e. The Balaban J connectivity index is 2.01. The summed E-state index contributed by atoms with van der Waals surface area (Å²) in [5.41, 5.74) is 17.7. The Kier molecular flexibility index (Phi) is 8.82. The van der Waals surface area contributed by atoms with Gasteiger partial charge in [-0.25, -0.2) is 8.61 Å². The highest BCUT2D eigenvalue weighted by Gasteiger charge is 2.29. The van der Waals surface area contributed by atoms with Crippen LogP contribution in [0.2, 0.25) is 0 Å². The number of rotatable bonds is 11. The molecule has 0 radical (unpaired) electrons. The fraction of sp³-hybridized carbons (Fsp3) is 0.148. The zero-order valence-electron chi connectivity index (χ0n) is 22.7. The molecule has 0 aliphatic heterocycles. The van der Waals surface area contributed by atoms with Crippen molar-refractivity contribution in [3.8, 4) is 16.9 Å². The molecule has 4 rings (SSSR count). The second kappa shape index (κ2) is 12.0. The average Bonchev–Trinajstić information content (AvgIpc) is 2.91. The summed E-state index contributed by atoms with van der Waals surface area (Å²) in [7, 11) is -8.57. The molecule has 0 bridgehead atoms. The number of aliphatic hydroxyl groups excluding tert-OH is 1. The molecule has 0 fully saturated rings. The highest BCUT2D eigenvalue weighted by Crippen LogP contribution is 2.44. The lowest BCUT2D eigenvalue weighted by atomic mass is 9.95. The van der Waals surface area contributed by atoms with E-state index in [1.54, 1.807) is 24.3 Å². The number of methoxy groups -OCH3 is 1. The van der Waals surface area contributed by atoms with Crippen molar-refractivity contribution in [2.45, 2.75) is 12.6 Å². The first-order valence-electron chi connectivity index (χ1n) is 12.4. The minimum atomic E-state index is -4.98. The molecular formula is C27H29N5O9S2. The third kappa shape index (κ3) is 6.80. The van der Waals surface area contributed by atoms with Crippen LogP contribution in [0.25, 0.3) is 21.9 Å². The third-order valence-corrected chi connectivity index (χ3v) is 8.18. The molecule has 0 heterocycles. The summed E-state index contributed by atoms with van der Waals surface area (Å²) in [6.45, 7) is -0.874. The van der Waals surface area contributed by atoms with Crippen molar-refractivity contribution in [1.82, 2.24) is 0 Å². The topological polar surface area (TPSA) is 240 Å². The zero-order valence-corrected chi connectivity index (χ0v) is 24.3. The number of carbonyl (C=O) groups excluding carboxylic acids is 1. The summed E-state index contributed by atoms with van der Waals surface area (Å²) in [6, 6.07) is 17.8. The number of amides is 1. The number of fused-ring (bicyclic) bond motifs is 1. The summed E-state index contributed by atoms with van der Waals surface area (Å²) in [6.07, 6.45) is -1.12. The summed E-state index contributed by atoms with van der Waals surface area (Å²) < 4.78 is 76.9. The number of ether oxygens (including phenoxy) is 1. The van der Waals surface area contributed by atoms with E-state index in [2.05, 4.69) is 0 Å². The quantitative estimate of drug-likeness (QED) is 0.0794. The smallest absolute Gasteiger partial charge is 0.364 e. The molecule has 0 aromatic heterocycles. The van der Waals surface area contributed by atoms with Gasteiger partial charge in [0, 0.05) is 17.4 Å². The van der Waals surface area contributed by atoms with Gasteiger partial charge in [-0.15, -0.1) is 0 Å². The highest BCUT2D eigenvalue weighted by atomic mass is 32.2. The first-order valence-corrected chi connectivity index (χ1v) is 15.2. The molecule has 4 aromatic rings. The second-order valence-corrected chi connectivity index (χ2v) is 12.0. The first-order chi connectivity index (χ1) is 20.1. The molecule has 0 saturated heterocycles. The van der Waals surface area contributed by atoms with Crippen LogP contribution in [0, 0.1) is 0 Å². The first kappa shape index (κ1) is 31.5. The molecule has 1 amide bonds. The highest BCUT2D eigenvalue weighted by molar-refractivity contribution is 7.87. The minimum absolute atomic E-state index is 0.00613. The van der Waals surface area contributed by atoms with Gasteiger partial charge in [0.1, 0.15) is 18.5 Å². The Bertz CT molecular complexity index is 1920. The summed E-state index contributed by atoms with van der Waals surface area (Å²) in [4.78, 5) is 11.7. The fourth-order valence-electron chi connectivity index (χ4n) is 4.74. The van der Waals surface area contributed by atoms with Crippen LogP contribution in [0.4, 0.5) is 22.7 Å². The van der Waals surface area contributed by atoms with E-state index in [-0.39, 0.29) is 34.7 Å². The molecule has 0 aliphatic carbocycles. The Morgan fingerprint density at radius 2 is 1.49 bits per heavy atom. The van der Waals surface area contributed by atoms with Crippen molar-refractivity contribution >= 4 is 60.0 Å². The number of anilines is 4. The van der Waals surface area contributed by atoms with Gasteiger partial charge < -0.3 is 27.0 Å². The lowest BCUT2D eigenvalue weighted by molar-refractivity contribution is -0.116. The Labute approximate surface area is 247 Å². The predicted octanol–water partition coefficient (Wildman–Crippen LogP) is 1.95. The van der Waals surface area contributed by atoms with Crippen LogP contribution in [-0.2, 0) is 31.8 Å². The molecule has 16 heteroatoms. The fourth-order valence-corrected chi connectivity index (χ4v) is 6.26. The van der Waals surface area contributed by atoms with Gasteiger partial charge in [0.25, 0.3) is 0 Å². The maximum atomic E-state index is 12.8. The van der Waals surface area contributed by atoms with Gasteiger partial charge in [-0.1, -0.05) is 36.4 Å². The van der Waals surface area contributed by atoms with Gasteiger partial charge in [-0.05, 0) is 52.9 Å². The number of carbonyl (C=O) groups is 1. The van der Waals surface area contributed by atoms with Gasteiger partial charge in [-0.2, -0.15) is 16.8 Å². The predicted molar refractivity (Wildman–Crippen MR) is 162 cm³/mol. The van der Waals surface area contributed by atoms with Crippen molar-refractivity contribution in [2.75, 3.05) is 28.0 Å². The maximum Gasteiger partial charge on any atom is 0.364 e. The van der Waals surface area contributed by atoms with Crippen LogP contribution in [-0.4, -0.2) is 56.8 Å². The number of nitrogens with zero attached hydrogens (tertiary/aromatic N) is 2. The largest absolute Gasteiger partial charge is 0.497 e. The van der Waals surface area contributed by atoms with E-state index in [1.807, 2.05) is 0 Å².